The van der Waals surface area contributed by atoms with E-state index in [9.17, 15) is 4.79 Å². The molecule has 0 saturated heterocycles. The molecule has 19 heavy (non-hydrogen) atoms. The second-order valence-electron chi connectivity index (χ2n) is 3.59. The van der Waals surface area contributed by atoms with Gasteiger partial charge in [-0.1, -0.05) is 12.1 Å². The van der Waals surface area contributed by atoms with Crippen LogP contribution in [0.5, 0.6) is 5.75 Å². The van der Waals surface area contributed by atoms with Crippen LogP contribution in [-0.4, -0.2) is 31.2 Å². The number of para-hydroxylation sites is 2. The molecule has 0 saturated carbocycles. The molecule has 1 amide bonds. The minimum Gasteiger partial charge on any atom is -0.495 e. The Morgan fingerprint density at radius 1 is 1.32 bits per heavy atom. The number of ether oxygens (including phenoxy) is 1. The molecule has 0 spiro atoms. The molecule has 0 aliphatic heterocycles. The summed E-state index contributed by atoms with van der Waals surface area (Å²) in [6.07, 6.45) is 0. The molecule has 1 aromatic carbocycles. The summed E-state index contributed by atoms with van der Waals surface area (Å²) >= 11 is 4.91. The molecule has 0 aliphatic rings. The maximum Gasteiger partial charge on any atom is 0.257 e. The molecule has 0 fully saturated rings. The van der Waals surface area contributed by atoms with Gasteiger partial charge in [-0.3, -0.25) is 15.6 Å². The van der Waals surface area contributed by atoms with Crippen LogP contribution >= 0.6 is 12.2 Å². The zero-order valence-corrected chi connectivity index (χ0v) is 11.8. The maximum atomic E-state index is 11.6. The van der Waals surface area contributed by atoms with Crippen molar-refractivity contribution in [2.45, 2.75) is 6.92 Å². The highest BCUT2D eigenvalue weighted by molar-refractivity contribution is 7.80. The summed E-state index contributed by atoms with van der Waals surface area (Å²) in [5.74, 6) is 0.456. The molecular formula is C12H18N4O2S. The van der Waals surface area contributed by atoms with Gasteiger partial charge < -0.3 is 15.4 Å². The maximum absolute atomic E-state index is 11.6. The van der Waals surface area contributed by atoms with Crippen LogP contribution in [-0.2, 0) is 4.79 Å². The number of methoxy groups -OCH3 is 1. The number of amides is 1. The number of rotatable bonds is 5. The molecule has 0 unspecified atom stereocenters. The molecule has 1 aromatic rings. The minimum atomic E-state index is -0.230. The Labute approximate surface area is 117 Å². The van der Waals surface area contributed by atoms with E-state index in [1.54, 1.807) is 7.11 Å². The third kappa shape index (κ3) is 5.43. The van der Waals surface area contributed by atoms with Crippen molar-refractivity contribution >= 4 is 28.9 Å². The number of nitrogens with one attached hydrogen (secondary N) is 4. The zero-order chi connectivity index (χ0) is 14.1. The van der Waals surface area contributed by atoms with Crippen LogP contribution in [0.1, 0.15) is 6.92 Å². The van der Waals surface area contributed by atoms with E-state index in [0.29, 0.717) is 17.4 Å². The van der Waals surface area contributed by atoms with Gasteiger partial charge in [-0.05, 0) is 31.3 Å². The van der Waals surface area contributed by atoms with Crippen LogP contribution in [0.3, 0.4) is 0 Å². The monoisotopic (exact) mass is 282 g/mol. The lowest BCUT2D eigenvalue weighted by molar-refractivity contribution is -0.119. The summed E-state index contributed by atoms with van der Waals surface area (Å²) in [6, 6.07) is 7.38. The Balaban J connectivity index is 2.35. The van der Waals surface area contributed by atoms with Crippen LogP contribution in [0.15, 0.2) is 24.3 Å². The van der Waals surface area contributed by atoms with Crippen molar-refractivity contribution in [3.63, 3.8) is 0 Å². The lowest BCUT2D eigenvalue weighted by atomic mass is 10.3. The molecule has 104 valence electrons. The van der Waals surface area contributed by atoms with Gasteiger partial charge in [0.2, 0.25) is 0 Å². The Kier molecular flexibility index (Phi) is 6.45. The Bertz CT molecular complexity index is 439. The third-order valence-corrected chi connectivity index (χ3v) is 2.45. The lowest BCUT2D eigenvalue weighted by Crippen LogP contribution is -2.48. The highest BCUT2D eigenvalue weighted by atomic mass is 32.1. The molecule has 6 nitrogen and oxygen atoms in total. The van der Waals surface area contributed by atoms with Gasteiger partial charge >= 0.3 is 0 Å². The number of hydrogen-bond acceptors (Lipinski definition) is 4. The van der Waals surface area contributed by atoms with Crippen LogP contribution in [0.4, 0.5) is 5.69 Å². The highest BCUT2D eigenvalue weighted by Crippen LogP contribution is 2.22. The molecule has 0 bridgehead atoms. The number of carbonyl (C=O) groups excluding carboxylic acids is 1. The number of benzene rings is 1. The molecule has 0 atom stereocenters. The van der Waals surface area contributed by atoms with Crippen LogP contribution in [0.25, 0.3) is 0 Å². The topological polar surface area (TPSA) is 74.4 Å². The van der Waals surface area contributed by atoms with Crippen molar-refractivity contribution in [3.8, 4) is 5.75 Å². The molecule has 4 N–H and O–H groups in total. The Morgan fingerprint density at radius 3 is 2.74 bits per heavy atom. The van der Waals surface area contributed by atoms with E-state index >= 15 is 0 Å². The van der Waals surface area contributed by atoms with Gasteiger partial charge in [0.15, 0.2) is 5.11 Å². The molecular weight excluding hydrogens is 264 g/mol. The van der Waals surface area contributed by atoms with Gasteiger partial charge in [-0.2, -0.15) is 0 Å². The highest BCUT2D eigenvalue weighted by Gasteiger charge is 2.04. The van der Waals surface area contributed by atoms with E-state index < -0.39 is 0 Å². The summed E-state index contributed by atoms with van der Waals surface area (Å²) in [5.41, 5.74) is 5.84. The average Bonchev–Trinajstić information content (AvgIpc) is 2.43. The van der Waals surface area contributed by atoms with Gasteiger partial charge in [0.05, 0.1) is 19.3 Å². The predicted octanol–water partition coefficient (Wildman–Crippen LogP) is 0.622. The van der Waals surface area contributed by atoms with Crippen molar-refractivity contribution in [2.24, 2.45) is 0 Å². The normalized spacial score (nSPS) is 9.37. The van der Waals surface area contributed by atoms with Crippen LogP contribution < -0.4 is 26.2 Å². The largest absolute Gasteiger partial charge is 0.495 e. The fourth-order valence-electron chi connectivity index (χ4n) is 1.34. The van der Waals surface area contributed by atoms with E-state index in [1.165, 1.54) is 0 Å². The number of hydrogen-bond donors (Lipinski definition) is 4. The van der Waals surface area contributed by atoms with Crippen molar-refractivity contribution in [3.05, 3.63) is 24.3 Å². The Morgan fingerprint density at radius 2 is 2.05 bits per heavy atom. The lowest BCUT2D eigenvalue weighted by Gasteiger charge is -2.12. The predicted molar refractivity (Wildman–Crippen MR) is 79.0 cm³/mol. The number of thiocarbonyl (C=S) groups is 1. The molecule has 0 heterocycles. The summed E-state index contributed by atoms with van der Waals surface area (Å²) in [6.45, 7) is 2.72. The van der Waals surface area contributed by atoms with E-state index in [4.69, 9.17) is 17.0 Å². The zero-order valence-electron chi connectivity index (χ0n) is 10.9. The van der Waals surface area contributed by atoms with Crippen molar-refractivity contribution in [1.29, 1.82) is 0 Å². The molecule has 1 rings (SSSR count). The first-order chi connectivity index (χ1) is 9.17. The van der Waals surface area contributed by atoms with Gasteiger partial charge in [0, 0.05) is 6.54 Å². The summed E-state index contributed by atoms with van der Waals surface area (Å²) in [5, 5.41) is 6.22. The molecule has 0 aromatic heterocycles. The molecule has 0 radical (unpaired) electrons. The van der Waals surface area contributed by atoms with Crippen molar-refractivity contribution < 1.29 is 9.53 Å². The first-order valence-electron chi connectivity index (χ1n) is 5.87. The van der Waals surface area contributed by atoms with Gasteiger partial charge in [-0.15, -0.1) is 0 Å². The van der Waals surface area contributed by atoms with Crippen LogP contribution in [0.2, 0.25) is 0 Å². The average molecular weight is 282 g/mol. The fourth-order valence-corrected chi connectivity index (χ4v) is 1.54. The summed E-state index contributed by atoms with van der Waals surface area (Å²) in [7, 11) is 1.58. The van der Waals surface area contributed by atoms with Gasteiger partial charge in [0.1, 0.15) is 5.75 Å². The summed E-state index contributed by atoms with van der Waals surface area (Å²) in [4.78, 5) is 11.6. The van der Waals surface area contributed by atoms with E-state index in [2.05, 4.69) is 21.5 Å². The third-order valence-electron chi connectivity index (χ3n) is 2.20. The van der Waals surface area contributed by atoms with Gasteiger partial charge in [-0.25, -0.2) is 0 Å². The quantitative estimate of drug-likeness (QED) is 0.469. The first kappa shape index (κ1) is 15.0. The van der Waals surface area contributed by atoms with Crippen molar-refractivity contribution in [2.75, 3.05) is 25.5 Å². The smallest absolute Gasteiger partial charge is 0.257 e. The van der Waals surface area contributed by atoms with E-state index in [0.717, 1.165) is 5.69 Å². The fraction of sp³-hybridized carbons (Fsp3) is 0.333. The Hall–Kier alpha value is -2.02. The number of hydrazine groups is 1. The second kappa shape index (κ2) is 8.15. The second-order valence-corrected chi connectivity index (χ2v) is 3.99. The van der Waals surface area contributed by atoms with Crippen molar-refractivity contribution in [1.82, 2.24) is 16.2 Å². The van der Waals surface area contributed by atoms with E-state index in [1.807, 2.05) is 31.2 Å². The first-order valence-corrected chi connectivity index (χ1v) is 6.27. The number of anilines is 1. The molecule has 7 heteroatoms. The number of carbonyl (C=O) groups is 1. The minimum absolute atomic E-state index is 0.113. The molecule has 0 aliphatic carbocycles. The van der Waals surface area contributed by atoms with Crippen LogP contribution in [0, 0.1) is 0 Å². The SMILES string of the molecule is CCNC(=S)NNC(=O)CNc1ccccc1OC. The standard InChI is InChI=1S/C12H18N4O2S/c1-3-13-12(19)16-15-11(17)8-14-9-6-4-5-7-10(9)18-2/h4-7,14H,3,8H2,1-2H3,(H,15,17)(H2,13,16,19). The van der Waals surface area contributed by atoms with E-state index in [-0.39, 0.29) is 12.5 Å². The summed E-state index contributed by atoms with van der Waals surface area (Å²) < 4.78 is 5.17. The van der Waals surface area contributed by atoms with Gasteiger partial charge in [0.25, 0.3) is 5.91 Å².